The van der Waals surface area contributed by atoms with Crippen molar-refractivity contribution in [2.24, 2.45) is 4.99 Å². The quantitative estimate of drug-likeness (QED) is 0.296. The van der Waals surface area contributed by atoms with Gasteiger partial charge in [-0.05, 0) is 38.1 Å². The van der Waals surface area contributed by atoms with Crippen molar-refractivity contribution in [3.8, 4) is 11.5 Å². The summed E-state index contributed by atoms with van der Waals surface area (Å²) in [6.45, 7) is 7.48. The summed E-state index contributed by atoms with van der Waals surface area (Å²) in [7, 11) is 0. The standard InChI is InChI=1S/C22H27N5O2.HI/c1-3-23-22(25-14-17-15-28-20-10-6-7-11-21(20)29-17)24-12-13-27-16(2)26-18-8-4-5-9-19(18)27;/h4-11,17H,3,12-15H2,1-2H3,(H2,23,24,25);1H. The zero-order chi connectivity index (χ0) is 20.1. The van der Waals surface area contributed by atoms with Gasteiger partial charge in [-0.25, -0.2) is 9.98 Å². The minimum absolute atomic E-state index is 0. The molecule has 7 nitrogen and oxygen atoms in total. The zero-order valence-corrected chi connectivity index (χ0v) is 19.6. The Morgan fingerprint density at radius 2 is 1.90 bits per heavy atom. The maximum Gasteiger partial charge on any atom is 0.191 e. The molecule has 0 bridgehead atoms. The number of rotatable bonds is 6. The molecule has 0 amide bonds. The number of hydrogen-bond donors (Lipinski definition) is 2. The summed E-state index contributed by atoms with van der Waals surface area (Å²) in [5.41, 5.74) is 2.18. The molecule has 0 fully saturated rings. The maximum absolute atomic E-state index is 5.99. The number of nitrogens with one attached hydrogen (secondary N) is 2. The van der Waals surface area contributed by atoms with Gasteiger partial charge >= 0.3 is 0 Å². The predicted octanol–water partition coefficient (Wildman–Crippen LogP) is 3.36. The molecule has 0 aliphatic carbocycles. The summed E-state index contributed by atoms with van der Waals surface area (Å²) in [4.78, 5) is 9.30. The molecule has 1 unspecified atom stereocenters. The number of halogens is 1. The number of aryl methyl sites for hydroxylation is 1. The Balaban J connectivity index is 0.00000256. The molecular formula is C22H28IN5O2. The molecular weight excluding hydrogens is 493 g/mol. The first-order valence-electron chi connectivity index (χ1n) is 10.1. The third kappa shape index (κ3) is 5.16. The van der Waals surface area contributed by atoms with Crippen molar-refractivity contribution in [3.63, 3.8) is 0 Å². The largest absolute Gasteiger partial charge is 0.486 e. The molecule has 0 radical (unpaired) electrons. The fourth-order valence-electron chi connectivity index (χ4n) is 3.45. The summed E-state index contributed by atoms with van der Waals surface area (Å²) < 4.78 is 14.0. The molecule has 2 aromatic carbocycles. The maximum atomic E-state index is 5.99. The molecule has 30 heavy (non-hydrogen) atoms. The second-order valence-electron chi connectivity index (χ2n) is 6.94. The second-order valence-corrected chi connectivity index (χ2v) is 6.94. The van der Waals surface area contributed by atoms with Crippen molar-refractivity contribution in [2.75, 3.05) is 26.2 Å². The molecule has 160 valence electrons. The molecule has 1 atom stereocenters. The Morgan fingerprint density at radius 3 is 2.73 bits per heavy atom. The van der Waals surface area contributed by atoms with Gasteiger partial charge in [-0.15, -0.1) is 24.0 Å². The first-order chi connectivity index (χ1) is 14.2. The average Bonchev–Trinajstić information content (AvgIpc) is 3.07. The Labute approximate surface area is 193 Å². The molecule has 0 spiro atoms. The summed E-state index contributed by atoms with van der Waals surface area (Å²) in [5, 5.41) is 6.69. The van der Waals surface area contributed by atoms with Crippen molar-refractivity contribution in [2.45, 2.75) is 26.5 Å². The van der Waals surface area contributed by atoms with E-state index < -0.39 is 0 Å². The van der Waals surface area contributed by atoms with E-state index in [1.54, 1.807) is 0 Å². The van der Waals surface area contributed by atoms with Crippen molar-refractivity contribution in [1.82, 2.24) is 20.2 Å². The number of guanidine groups is 1. The van der Waals surface area contributed by atoms with Gasteiger partial charge < -0.3 is 24.7 Å². The van der Waals surface area contributed by atoms with E-state index in [1.165, 1.54) is 0 Å². The van der Waals surface area contributed by atoms with Crippen LogP contribution in [-0.2, 0) is 6.54 Å². The third-order valence-corrected chi connectivity index (χ3v) is 4.84. The summed E-state index contributed by atoms with van der Waals surface area (Å²) in [6.07, 6.45) is -0.0970. The fourth-order valence-corrected chi connectivity index (χ4v) is 3.45. The van der Waals surface area contributed by atoms with Crippen LogP contribution in [0.2, 0.25) is 0 Å². The molecule has 1 aliphatic heterocycles. The number of fused-ring (bicyclic) bond motifs is 2. The highest BCUT2D eigenvalue weighted by Crippen LogP contribution is 2.30. The van der Waals surface area contributed by atoms with Crippen molar-refractivity contribution >= 4 is 41.0 Å². The van der Waals surface area contributed by atoms with Gasteiger partial charge in [-0.2, -0.15) is 0 Å². The van der Waals surface area contributed by atoms with Crippen LogP contribution in [0, 0.1) is 6.92 Å². The Morgan fingerprint density at radius 1 is 1.13 bits per heavy atom. The van der Waals surface area contributed by atoms with Crippen LogP contribution in [0.5, 0.6) is 11.5 Å². The fraction of sp³-hybridized carbons (Fsp3) is 0.364. The summed E-state index contributed by atoms with van der Waals surface area (Å²) in [6, 6.07) is 15.9. The van der Waals surface area contributed by atoms with E-state index >= 15 is 0 Å². The lowest BCUT2D eigenvalue weighted by Gasteiger charge is -2.25. The third-order valence-electron chi connectivity index (χ3n) is 4.84. The second kappa shape index (κ2) is 10.5. The topological polar surface area (TPSA) is 72.7 Å². The molecule has 1 aliphatic rings. The minimum atomic E-state index is -0.0970. The van der Waals surface area contributed by atoms with E-state index in [4.69, 9.17) is 9.47 Å². The van der Waals surface area contributed by atoms with Crippen LogP contribution in [0.25, 0.3) is 11.0 Å². The van der Waals surface area contributed by atoms with E-state index in [0.29, 0.717) is 13.2 Å². The first kappa shape index (κ1) is 22.2. The Bertz CT molecular complexity index is 1000. The van der Waals surface area contributed by atoms with E-state index in [0.717, 1.165) is 54.0 Å². The number of benzene rings is 2. The van der Waals surface area contributed by atoms with Crippen LogP contribution in [0.3, 0.4) is 0 Å². The van der Waals surface area contributed by atoms with Gasteiger partial charge in [0.25, 0.3) is 0 Å². The normalized spacial score (nSPS) is 15.5. The molecule has 8 heteroatoms. The van der Waals surface area contributed by atoms with Crippen LogP contribution < -0.4 is 20.1 Å². The summed E-state index contributed by atoms with van der Waals surface area (Å²) in [5.74, 6) is 3.36. The van der Waals surface area contributed by atoms with Crippen LogP contribution in [0.1, 0.15) is 12.7 Å². The first-order valence-corrected chi connectivity index (χ1v) is 10.1. The number of aromatic nitrogens is 2. The molecule has 1 aromatic heterocycles. The van der Waals surface area contributed by atoms with E-state index in [2.05, 4.69) is 38.2 Å². The SMILES string of the molecule is CCNC(=NCC1COc2ccccc2O1)NCCn1c(C)nc2ccccc21.I. The van der Waals surface area contributed by atoms with E-state index in [1.807, 2.05) is 49.4 Å². The lowest BCUT2D eigenvalue weighted by Crippen LogP contribution is -2.40. The van der Waals surface area contributed by atoms with Crippen molar-refractivity contribution in [1.29, 1.82) is 0 Å². The molecule has 0 saturated carbocycles. The van der Waals surface area contributed by atoms with Crippen LogP contribution in [-0.4, -0.2) is 47.9 Å². The molecule has 4 rings (SSSR count). The average molecular weight is 521 g/mol. The van der Waals surface area contributed by atoms with E-state index in [9.17, 15) is 0 Å². The molecule has 2 N–H and O–H groups in total. The van der Waals surface area contributed by atoms with Crippen molar-refractivity contribution < 1.29 is 9.47 Å². The van der Waals surface area contributed by atoms with Gasteiger partial charge in [0.15, 0.2) is 23.6 Å². The van der Waals surface area contributed by atoms with Gasteiger partial charge in [0, 0.05) is 19.6 Å². The van der Waals surface area contributed by atoms with E-state index in [-0.39, 0.29) is 30.1 Å². The number of para-hydroxylation sites is 4. The number of hydrogen-bond acceptors (Lipinski definition) is 4. The smallest absolute Gasteiger partial charge is 0.191 e. The van der Waals surface area contributed by atoms with Gasteiger partial charge in [0.1, 0.15) is 12.4 Å². The highest BCUT2D eigenvalue weighted by molar-refractivity contribution is 14.0. The van der Waals surface area contributed by atoms with Crippen LogP contribution >= 0.6 is 24.0 Å². The predicted molar refractivity (Wildman–Crippen MR) is 130 cm³/mol. The van der Waals surface area contributed by atoms with Gasteiger partial charge in [0.05, 0.1) is 17.6 Å². The van der Waals surface area contributed by atoms with Crippen LogP contribution in [0.4, 0.5) is 0 Å². The highest BCUT2D eigenvalue weighted by Gasteiger charge is 2.20. The Kier molecular flexibility index (Phi) is 7.78. The lowest BCUT2D eigenvalue weighted by atomic mass is 10.2. The molecule has 0 saturated heterocycles. The summed E-state index contributed by atoms with van der Waals surface area (Å²) >= 11 is 0. The van der Waals surface area contributed by atoms with Gasteiger partial charge in [0.2, 0.25) is 0 Å². The van der Waals surface area contributed by atoms with Crippen LogP contribution in [0.15, 0.2) is 53.5 Å². The molecule has 2 heterocycles. The van der Waals surface area contributed by atoms with Gasteiger partial charge in [-0.3, -0.25) is 0 Å². The van der Waals surface area contributed by atoms with Gasteiger partial charge in [-0.1, -0.05) is 24.3 Å². The highest BCUT2D eigenvalue weighted by atomic mass is 127. The lowest BCUT2D eigenvalue weighted by molar-refractivity contribution is 0.0971. The molecule has 3 aromatic rings. The number of nitrogens with zero attached hydrogens (tertiary/aromatic N) is 3. The van der Waals surface area contributed by atoms with Crippen molar-refractivity contribution in [3.05, 3.63) is 54.4 Å². The zero-order valence-electron chi connectivity index (χ0n) is 17.3. The number of ether oxygens (including phenoxy) is 2. The monoisotopic (exact) mass is 521 g/mol. The minimum Gasteiger partial charge on any atom is -0.486 e. The number of aliphatic imine (C=N–C) groups is 1. The number of imidazole rings is 1. The Hall–Kier alpha value is -2.49.